The summed E-state index contributed by atoms with van der Waals surface area (Å²) in [5.41, 5.74) is 9.84. The number of pyridine rings is 1. The summed E-state index contributed by atoms with van der Waals surface area (Å²) in [7, 11) is 0. The molecule has 0 saturated carbocycles. The number of fused-ring (bicyclic) bond motifs is 1. The van der Waals surface area contributed by atoms with Gasteiger partial charge >= 0.3 is 0 Å². The molecule has 0 saturated heterocycles. The van der Waals surface area contributed by atoms with E-state index in [0.29, 0.717) is 17.1 Å². The van der Waals surface area contributed by atoms with E-state index < -0.39 is 0 Å². The highest BCUT2D eigenvalue weighted by molar-refractivity contribution is 7.21. The second kappa shape index (κ2) is 6.90. The van der Waals surface area contributed by atoms with Gasteiger partial charge in [0.15, 0.2) is 0 Å². The molecule has 0 fully saturated rings. The van der Waals surface area contributed by atoms with E-state index in [2.05, 4.69) is 36.5 Å². The molecule has 4 aromatic rings. The minimum atomic E-state index is -0.157. The Balaban J connectivity index is 1.63. The molecule has 3 heterocycles. The highest BCUT2D eigenvalue weighted by Gasteiger charge is 2.17. The molecule has 0 aliphatic rings. The van der Waals surface area contributed by atoms with Gasteiger partial charge in [-0.3, -0.25) is 4.79 Å². The molecule has 1 amide bonds. The molecule has 130 valence electrons. The molecule has 0 atom stereocenters. The first kappa shape index (κ1) is 16.8. The van der Waals surface area contributed by atoms with Crippen molar-refractivity contribution in [1.29, 1.82) is 0 Å². The number of thiophene rings is 2. The lowest BCUT2D eigenvalue weighted by atomic mass is 10.1. The van der Waals surface area contributed by atoms with Crippen molar-refractivity contribution in [3.05, 3.63) is 69.2 Å². The van der Waals surface area contributed by atoms with Crippen molar-refractivity contribution in [2.24, 2.45) is 0 Å². The largest absolute Gasteiger partial charge is 0.397 e. The zero-order chi connectivity index (χ0) is 18.1. The van der Waals surface area contributed by atoms with Crippen molar-refractivity contribution in [3.8, 4) is 11.3 Å². The van der Waals surface area contributed by atoms with E-state index >= 15 is 0 Å². The van der Waals surface area contributed by atoms with Crippen LogP contribution in [0.4, 0.5) is 5.69 Å². The van der Waals surface area contributed by atoms with Crippen LogP contribution in [0.2, 0.25) is 0 Å². The van der Waals surface area contributed by atoms with Crippen molar-refractivity contribution >= 4 is 44.5 Å². The number of aromatic nitrogens is 1. The number of hydrogen-bond acceptors (Lipinski definition) is 5. The molecule has 0 aliphatic heterocycles. The van der Waals surface area contributed by atoms with Crippen LogP contribution < -0.4 is 11.1 Å². The summed E-state index contributed by atoms with van der Waals surface area (Å²) in [6.45, 7) is 2.56. The number of nitrogen functional groups attached to an aromatic ring is 1. The number of rotatable bonds is 4. The van der Waals surface area contributed by atoms with Crippen molar-refractivity contribution in [2.45, 2.75) is 13.5 Å². The number of carbonyl (C=O) groups excluding carboxylic acids is 1. The Kier molecular flexibility index (Phi) is 4.44. The molecule has 6 heteroatoms. The standard InChI is InChI=1S/C20H17N3OS2/c1-12-4-6-13(7-5-12)16-9-8-15-17(21)18(26-20(15)23-16)19(24)22-11-14-3-2-10-25-14/h2-10H,11,21H2,1H3,(H,22,24). The zero-order valence-electron chi connectivity index (χ0n) is 14.2. The van der Waals surface area contributed by atoms with Gasteiger partial charge in [0, 0.05) is 15.8 Å². The van der Waals surface area contributed by atoms with E-state index in [-0.39, 0.29) is 5.91 Å². The van der Waals surface area contributed by atoms with Gasteiger partial charge in [-0.25, -0.2) is 4.98 Å². The first-order valence-corrected chi connectivity index (χ1v) is 9.88. The predicted molar refractivity (Wildman–Crippen MR) is 110 cm³/mol. The van der Waals surface area contributed by atoms with Crippen LogP contribution in [-0.2, 0) is 6.54 Å². The van der Waals surface area contributed by atoms with E-state index in [1.807, 2.05) is 29.6 Å². The number of anilines is 1. The van der Waals surface area contributed by atoms with Gasteiger partial charge in [0.25, 0.3) is 5.91 Å². The number of benzene rings is 1. The third kappa shape index (κ3) is 3.21. The molecular formula is C20H17N3OS2. The average Bonchev–Trinajstić information content (AvgIpc) is 3.28. The SMILES string of the molecule is Cc1ccc(-c2ccc3c(N)c(C(=O)NCc4cccs4)sc3n2)cc1. The maximum absolute atomic E-state index is 12.5. The Hall–Kier alpha value is -2.70. The topological polar surface area (TPSA) is 68.0 Å². The van der Waals surface area contributed by atoms with Crippen molar-refractivity contribution in [2.75, 3.05) is 5.73 Å². The smallest absolute Gasteiger partial charge is 0.263 e. The summed E-state index contributed by atoms with van der Waals surface area (Å²) in [4.78, 5) is 19.6. The van der Waals surface area contributed by atoms with Crippen molar-refractivity contribution in [3.63, 3.8) is 0 Å². The third-order valence-electron chi connectivity index (χ3n) is 4.15. The van der Waals surface area contributed by atoms with Crippen LogP contribution in [0.3, 0.4) is 0 Å². The van der Waals surface area contributed by atoms with Crippen LogP contribution >= 0.6 is 22.7 Å². The summed E-state index contributed by atoms with van der Waals surface area (Å²) in [6, 6.07) is 16.1. The van der Waals surface area contributed by atoms with E-state index in [1.165, 1.54) is 16.9 Å². The van der Waals surface area contributed by atoms with Gasteiger partial charge in [0.1, 0.15) is 9.71 Å². The summed E-state index contributed by atoms with van der Waals surface area (Å²) < 4.78 is 0. The van der Waals surface area contributed by atoms with Crippen molar-refractivity contribution in [1.82, 2.24) is 10.3 Å². The van der Waals surface area contributed by atoms with Crippen molar-refractivity contribution < 1.29 is 4.79 Å². The van der Waals surface area contributed by atoms with E-state index in [4.69, 9.17) is 10.7 Å². The minimum absolute atomic E-state index is 0.157. The fraction of sp³-hybridized carbons (Fsp3) is 0.100. The normalized spacial score (nSPS) is 11.0. The second-order valence-corrected chi connectivity index (χ2v) is 8.05. The Bertz CT molecular complexity index is 1070. The van der Waals surface area contributed by atoms with Crippen LogP contribution in [0.25, 0.3) is 21.5 Å². The fourth-order valence-electron chi connectivity index (χ4n) is 2.71. The van der Waals surface area contributed by atoms with Gasteiger partial charge in [0.05, 0.1) is 17.9 Å². The number of amides is 1. The quantitative estimate of drug-likeness (QED) is 0.533. The van der Waals surface area contributed by atoms with Crippen LogP contribution in [0.15, 0.2) is 53.9 Å². The molecule has 3 aromatic heterocycles. The van der Waals surface area contributed by atoms with E-state index in [9.17, 15) is 4.79 Å². The molecule has 0 spiro atoms. The maximum atomic E-state index is 12.5. The van der Waals surface area contributed by atoms with E-state index in [1.54, 1.807) is 11.3 Å². The van der Waals surface area contributed by atoms with E-state index in [0.717, 1.165) is 26.4 Å². The number of nitrogens with zero attached hydrogens (tertiary/aromatic N) is 1. The van der Waals surface area contributed by atoms with Gasteiger partial charge in [-0.15, -0.1) is 22.7 Å². The molecule has 0 aliphatic carbocycles. The van der Waals surface area contributed by atoms with Crippen LogP contribution in [0, 0.1) is 6.92 Å². The van der Waals surface area contributed by atoms with Crippen LogP contribution in [-0.4, -0.2) is 10.9 Å². The number of nitrogens with one attached hydrogen (secondary N) is 1. The average molecular weight is 380 g/mol. The lowest BCUT2D eigenvalue weighted by Gasteiger charge is -2.02. The van der Waals surface area contributed by atoms with Gasteiger partial charge in [-0.05, 0) is 30.5 Å². The van der Waals surface area contributed by atoms with Gasteiger partial charge in [0.2, 0.25) is 0 Å². The fourth-order valence-corrected chi connectivity index (χ4v) is 4.37. The molecule has 1 aromatic carbocycles. The Morgan fingerprint density at radius 3 is 2.69 bits per heavy atom. The number of hydrogen-bond donors (Lipinski definition) is 2. The first-order valence-electron chi connectivity index (χ1n) is 8.18. The van der Waals surface area contributed by atoms with Crippen LogP contribution in [0.5, 0.6) is 0 Å². The number of aryl methyl sites for hydroxylation is 1. The summed E-state index contributed by atoms with van der Waals surface area (Å²) in [5.74, 6) is -0.157. The molecule has 26 heavy (non-hydrogen) atoms. The lowest BCUT2D eigenvalue weighted by Crippen LogP contribution is -2.22. The molecular weight excluding hydrogens is 362 g/mol. The molecule has 0 radical (unpaired) electrons. The highest BCUT2D eigenvalue weighted by Crippen LogP contribution is 2.34. The van der Waals surface area contributed by atoms with Gasteiger partial charge < -0.3 is 11.1 Å². The monoisotopic (exact) mass is 379 g/mol. The highest BCUT2D eigenvalue weighted by atomic mass is 32.1. The summed E-state index contributed by atoms with van der Waals surface area (Å²) in [5, 5.41) is 5.75. The van der Waals surface area contributed by atoms with Gasteiger partial charge in [-0.1, -0.05) is 35.9 Å². The summed E-state index contributed by atoms with van der Waals surface area (Å²) in [6.07, 6.45) is 0. The Labute approximate surface area is 159 Å². The maximum Gasteiger partial charge on any atom is 0.263 e. The predicted octanol–water partition coefficient (Wildman–Crippen LogP) is 4.85. The first-order chi connectivity index (χ1) is 12.6. The lowest BCUT2D eigenvalue weighted by molar-refractivity contribution is 0.0956. The molecule has 3 N–H and O–H groups in total. The van der Waals surface area contributed by atoms with Crippen LogP contribution in [0.1, 0.15) is 20.1 Å². The number of nitrogens with two attached hydrogens (primary N) is 1. The Morgan fingerprint density at radius 2 is 1.96 bits per heavy atom. The molecule has 0 bridgehead atoms. The zero-order valence-corrected chi connectivity index (χ0v) is 15.8. The second-order valence-electron chi connectivity index (χ2n) is 6.02. The molecule has 4 nitrogen and oxygen atoms in total. The Morgan fingerprint density at radius 1 is 1.15 bits per heavy atom. The van der Waals surface area contributed by atoms with Gasteiger partial charge in [-0.2, -0.15) is 0 Å². The third-order valence-corrected chi connectivity index (χ3v) is 6.14. The number of carbonyl (C=O) groups is 1. The molecule has 0 unspecified atom stereocenters. The molecule has 4 rings (SSSR count). The minimum Gasteiger partial charge on any atom is -0.397 e. The summed E-state index contributed by atoms with van der Waals surface area (Å²) >= 11 is 2.95.